The second-order valence-electron chi connectivity index (χ2n) is 3.58. The zero-order valence-corrected chi connectivity index (χ0v) is 8.93. The molecule has 1 N–H and O–H groups in total. The monoisotopic (exact) mass is 209 g/mol. The Hall–Kier alpha value is -1.58. The summed E-state index contributed by atoms with van der Waals surface area (Å²) < 4.78 is 1.32. The van der Waals surface area contributed by atoms with Gasteiger partial charge in [0.1, 0.15) is 6.54 Å². The molecule has 0 aliphatic rings. The van der Waals surface area contributed by atoms with E-state index >= 15 is 0 Å². The van der Waals surface area contributed by atoms with Gasteiger partial charge in [0, 0.05) is 11.8 Å². The van der Waals surface area contributed by atoms with E-state index in [9.17, 15) is 9.59 Å². The Bertz CT molecular complexity index is 409. The zero-order chi connectivity index (χ0) is 11.4. The van der Waals surface area contributed by atoms with E-state index in [4.69, 9.17) is 5.11 Å². The van der Waals surface area contributed by atoms with Crippen molar-refractivity contribution in [2.75, 3.05) is 0 Å². The molecule has 15 heavy (non-hydrogen) atoms. The molecule has 0 spiro atoms. The molecule has 1 aromatic rings. The van der Waals surface area contributed by atoms with Crippen molar-refractivity contribution in [3.05, 3.63) is 34.2 Å². The van der Waals surface area contributed by atoms with Gasteiger partial charge < -0.3 is 9.67 Å². The largest absolute Gasteiger partial charge is 0.480 e. The van der Waals surface area contributed by atoms with Crippen molar-refractivity contribution in [3.8, 4) is 0 Å². The van der Waals surface area contributed by atoms with Crippen LogP contribution in [0.4, 0.5) is 0 Å². The van der Waals surface area contributed by atoms with Gasteiger partial charge in [-0.05, 0) is 18.4 Å². The van der Waals surface area contributed by atoms with Crippen LogP contribution in [0.5, 0.6) is 0 Å². The van der Waals surface area contributed by atoms with E-state index in [1.165, 1.54) is 10.6 Å². The third-order valence-electron chi connectivity index (χ3n) is 2.49. The lowest BCUT2D eigenvalue weighted by Gasteiger charge is -2.15. The predicted molar refractivity (Wildman–Crippen MR) is 57.0 cm³/mol. The summed E-state index contributed by atoms with van der Waals surface area (Å²) >= 11 is 0. The van der Waals surface area contributed by atoms with Crippen LogP contribution in [-0.4, -0.2) is 15.6 Å². The molecule has 0 aliphatic heterocycles. The average molecular weight is 209 g/mol. The number of carbonyl (C=O) groups is 1. The summed E-state index contributed by atoms with van der Waals surface area (Å²) in [6.07, 6.45) is 0.878. The third-order valence-corrected chi connectivity index (χ3v) is 2.49. The molecule has 0 amide bonds. The number of nitrogens with zero attached hydrogens (tertiary/aromatic N) is 1. The van der Waals surface area contributed by atoms with E-state index in [1.54, 1.807) is 12.1 Å². The number of carboxylic acids is 1. The van der Waals surface area contributed by atoms with Crippen LogP contribution in [0.3, 0.4) is 0 Å². The highest BCUT2D eigenvalue weighted by Gasteiger charge is 2.11. The van der Waals surface area contributed by atoms with Gasteiger partial charge in [0.2, 0.25) is 0 Å². The van der Waals surface area contributed by atoms with Crippen LogP contribution in [0, 0.1) is 0 Å². The van der Waals surface area contributed by atoms with Gasteiger partial charge in [-0.2, -0.15) is 0 Å². The minimum absolute atomic E-state index is 0.193. The molecule has 1 unspecified atom stereocenters. The van der Waals surface area contributed by atoms with Gasteiger partial charge in [-0.3, -0.25) is 9.59 Å². The Balaban J connectivity index is 3.20. The van der Waals surface area contributed by atoms with Gasteiger partial charge in [0.25, 0.3) is 5.56 Å². The maximum Gasteiger partial charge on any atom is 0.323 e. The molecule has 0 saturated heterocycles. The first-order chi connectivity index (χ1) is 7.06. The third kappa shape index (κ3) is 2.68. The Morgan fingerprint density at radius 2 is 2.20 bits per heavy atom. The second kappa shape index (κ2) is 4.77. The van der Waals surface area contributed by atoms with Crippen LogP contribution in [0.25, 0.3) is 0 Å². The van der Waals surface area contributed by atoms with Crippen LogP contribution < -0.4 is 5.56 Å². The maximum absolute atomic E-state index is 11.5. The van der Waals surface area contributed by atoms with E-state index in [0.29, 0.717) is 0 Å². The topological polar surface area (TPSA) is 59.3 Å². The van der Waals surface area contributed by atoms with Crippen LogP contribution in [0.15, 0.2) is 23.0 Å². The molecule has 82 valence electrons. The van der Waals surface area contributed by atoms with Crippen LogP contribution in [-0.2, 0) is 11.3 Å². The summed E-state index contributed by atoms with van der Waals surface area (Å²) in [7, 11) is 0. The molecule has 0 aromatic carbocycles. The minimum Gasteiger partial charge on any atom is -0.480 e. The van der Waals surface area contributed by atoms with Crippen molar-refractivity contribution in [1.29, 1.82) is 0 Å². The molecule has 0 aliphatic carbocycles. The molecule has 1 heterocycles. The van der Waals surface area contributed by atoms with E-state index in [2.05, 4.69) is 0 Å². The Morgan fingerprint density at radius 3 is 2.73 bits per heavy atom. The first-order valence-corrected chi connectivity index (χ1v) is 4.97. The highest BCUT2D eigenvalue weighted by Crippen LogP contribution is 2.16. The lowest BCUT2D eigenvalue weighted by molar-refractivity contribution is -0.137. The number of aromatic nitrogens is 1. The van der Waals surface area contributed by atoms with Gasteiger partial charge in [-0.15, -0.1) is 0 Å². The summed E-state index contributed by atoms with van der Waals surface area (Å²) in [6, 6.07) is 4.86. The molecule has 1 rings (SSSR count). The van der Waals surface area contributed by atoms with Gasteiger partial charge in [0.05, 0.1) is 0 Å². The number of hydrogen-bond acceptors (Lipinski definition) is 2. The minimum atomic E-state index is -0.993. The van der Waals surface area contributed by atoms with Crippen molar-refractivity contribution in [3.63, 3.8) is 0 Å². The molecular formula is C11H15NO3. The Labute approximate surface area is 88.2 Å². The number of rotatable bonds is 4. The average Bonchev–Trinajstić information content (AvgIpc) is 2.19. The summed E-state index contributed by atoms with van der Waals surface area (Å²) in [5, 5.41) is 8.71. The first kappa shape index (κ1) is 11.5. The molecular weight excluding hydrogens is 194 g/mol. The van der Waals surface area contributed by atoms with Crippen molar-refractivity contribution in [2.45, 2.75) is 32.7 Å². The summed E-state index contributed by atoms with van der Waals surface area (Å²) in [6.45, 7) is 3.72. The maximum atomic E-state index is 11.5. The molecule has 1 atom stereocenters. The number of carboxylic acid groups (broad SMARTS) is 1. The Kier molecular flexibility index (Phi) is 3.66. The van der Waals surface area contributed by atoms with Crippen molar-refractivity contribution in [2.24, 2.45) is 0 Å². The van der Waals surface area contributed by atoms with Crippen LogP contribution >= 0.6 is 0 Å². The van der Waals surface area contributed by atoms with E-state index < -0.39 is 5.97 Å². The lowest BCUT2D eigenvalue weighted by Crippen LogP contribution is -2.27. The summed E-state index contributed by atoms with van der Waals surface area (Å²) in [5.74, 6) is -0.800. The van der Waals surface area contributed by atoms with Crippen molar-refractivity contribution < 1.29 is 9.90 Å². The van der Waals surface area contributed by atoms with E-state index in [1.807, 2.05) is 13.8 Å². The van der Waals surface area contributed by atoms with Crippen molar-refractivity contribution in [1.82, 2.24) is 4.57 Å². The molecule has 4 nitrogen and oxygen atoms in total. The lowest BCUT2D eigenvalue weighted by atomic mass is 10.0. The summed E-state index contributed by atoms with van der Waals surface area (Å²) in [4.78, 5) is 22.1. The molecule has 0 radical (unpaired) electrons. The van der Waals surface area contributed by atoms with E-state index in [0.717, 1.165) is 12.1 Å². The fraction of sp³-hybridized carbons (Fsp3) is 0.455. The van der Waals surface area contributed by atoms with Gasteiger partial charge in [-0.1, -0.05) is 19.9 Å². The van der Waals surface area contributed by atoms with Gasteiger partial charge in [-0.25, -0.2) is 0 Å². The van der Waals surface area contributed by atoms with Crippen LogP contribution in [0.2, 0.25) is 0 Å². The number of hydrogen-bond donors (Lipinski definition) is 1. The van der Waals surface area contributed by atoms with Crippen molar-refractivity contribution >= 4 is 5.97 Å². The molecule has 0 bridgehead atoms. The molecule has 1 aromatic heterocycles. The molecule has 0 saturated carbocycles. The van der Waals surface area contributed by atoms with Gasteiger partial charge in [0.15, 0.2) is 0 Å². The van der Waals surface area contributed by atoms with E-state index in [-0.39, 0.29) is 18.0 Å². The van der Waals surface area contributed by atoms with Crippen LogP contribution in [0.1, 0.15) is 31.9 Å². The smallest absolute Gasteiger partial charge is 0.323 e. The SMILES string of the molecule is CCC(C)c1cccc(=O)n1CC(=O)O. The quantitative estimate of drug-likeness (QED) is 0.816. The fourth-order valence-corrected chi connectivity index (χ4v) is 1.48. The highest BCUT2D eigenvalue weighted by atomic mass is 16.4. The zero-order valence-electron chi connectivity index (χ0n) is 8.93. The highest BCUT2D eigenvalue weighted by molar-refractivity contribution is 5.66. The first-order valence-electron chi connectivity index (χ1n) is 4.97. The summed E-state index contributed by atoms with van der Waals surface area (Å²) in [5.41, 5.74) is 0.530. The number of pyridine rings is 1. The normalized spacial score (nSPS) is 12.4. The second-order valence-corrected chi connectivity index (χ2v) is 3.58. The molecule has 4 heteroatoms. The molecule has 0 fully saturated rings. The Morgan fingerprint density at radius 1 is 1.53 bits per heavy atom. The fourth-order valence-electron chi connectivity index (χ4n) is 1.48. The van der Waals surface area contributed by atoms with Gasteiger partial charge >= 0.3 is 5.97 Å². The standard InChI is InChI=1S/C11H15NO3/c1-3-8(2)9-5-4-6-10(13)12(9)7-11(14)15/h4-6,8H,3,7H2,1-2H3,(H,14,15). The predicted octanol–water partition coefficient (Wildman–Crippen LogP) is 1.45. The number of aliphatic carboxylic acids is 1.